The van der Waals surface area contributed by atoms with Gasteiger partial charge in [0.1, 0.15) is 12.1 Å². The largest absolute Gasteiger partial charge is 0.326 e. The van der Waals surface area contributed by atoms with Crippen LogP contribution < -0.4 is 10.8 Å². The van der Waals surface area contributed by atoms with Crippen molar-refractivity contribution in [3.63, 3.8) is 0 Å². The van der Waals surface area contributed by atoms with Crippen LogP contribution in [0.15, 0.2) is 54.6 Å². The number of nitrogens with one attached hydrogen (secondary N) is 2. The number of imide groups is 1. The van der Waals surface area contributed by atoms with Crippen molar-refractivity contribution in [2.45, 2.75) is 63.5 Å². The van der Waals surface area contributed by atoms with Gasteiger partial charge in [0.15, 0.2) is 5.78 Å². The number of hydrogen-bond acceptors (Lipinski definition) is 5. The van der Waals surface area contributed by atoms with Crippen molar-refractivity contribution in [1.29, 1.82) is 0 Å². The minimum absolute atomic E-state index is 0.0348. The molecule has 2 aliphatic rings. The summed E-state index contributed by atoms with van der Waals surface area (Å²) in [5.41, 5.74) is 4.17. The van der Waals surface area contributed by atoms with Gasteiger partial charge in [-0.05, 0) is 42.7 Å². The average Bonchev–Trinajstić information content (AvgIpc) is 3.17. The molecule has 4 amide bonds. The number of hydrogen-bond donors (Lipinski definition) is 3. The average molecular weight is 478 g/mol. The quantitative estimate of drug-likeness (QED) is 0.222. The van der Waals surface area contributed by atoms with Gasteiger partial charge < -0.3 is 5.32 Å². The zero-order valence-corrected chi connectivity index (χ0v) is 19.6. The van der Waals surface area contributed by atoms with Crippen LogP contribution in [0.2, 0.25) is 0 Å². The number of nitrogens with zero attached hydrogens (tertiary/aromatic N) is 1. The summed E-state index contributed by atoms with van der Waals surface area (Å²) in [6.07, 6.45) is 5.61. The first-order valence-electron chi connectivity index (χ1n) is 12.2. The van der Waals surface area contributed by atoms with Crippen molar-refractivity contribution < 1.29 is 24.4 Å². The minimum atomic E-state index is -1.01. The molecule has 0 bridgehead atoms. The fourth-order valence-electron chi connectivity index (χ4n) is 5.12. The van der Waals surface area contributed by atoms with Crippen molar-refractivity contribution in [3.05, 3.63) is 71.3 Å². The molecule has 0 aromatic heterocycles. The van der Waals surface area contributed by atoms with Gasteiger partial charge >= 0.3 is 6.03 Å². The number of urea groups is 1. The van der Waals surface area contributed by atoms with Gasteiger partial charge in [-0.25, -0.2) is 15.2 Å². The molecule has 35 heavy (non-hydrogen) atoms. The highest BCUT2D eigenvalue weighted by atomic mass is 16.5. The molecule has 2 aromatic carbocycles. The van der Waals surface area contributed by atoms with Crippen LogP contribution in [0.3, 0.4) is 0 Å². The van der Waals surface area contributed by atoms with Crippen molar-refractivity contribution in [2.24, 2.45) is 5.92 Å². The molecule has 8 heteroatoms. The van der Waals surface area contributed by atoms with Gasteiger partial charge in [0, 0.05) is 12.0 Å². The van der Waals surface area contributed by atoms with Gasteiger partial charge in [0.05, 0.1) is 0 Å². The number of rotatable bonds is 9. The molecule has 2 unspecified atom stereocenters. The Labute approximate surface area is 204 Å². The molecule has 1 saturated heterocycles. The van der Waals surface area contributed by atoms with E-state index in [2.05, 4.69) is 5.32 Å². The SMILES string of the molecule is O=C(Cc1ccccc1)c1ccc(CCC2NC(=O)N(C(C(=O)NO)C3CCCCC3)C2=O)cc1. The van der Waals surface area contributed by atoms with Crippen LogP contribution in [0.25, 0.3) is 0 Å². The summed E-state index contributed by atoms with van der Waals surface area (Å²) >= 11 is 0. The van der Waals surface area contributed by atoms with Gasteiger partial charge in [0.25, 0.3) is 11.8 Å². The second-order valence-corrected chi connectivity index (χ2v) is 9.35. The van der Waals surface area contributed by atoms with Crippen LogP contribution >= 0.6 is 0 Å². The smallest absolute Gasteiger partial charge is 0.325 e. The Kier molecular flexibility index (Phi) is 7.92. The highest BCUT2D eigenvalue weighted by Gasteiger charge is 2.47. The number of aryl methyl sites for hydroxylation is 1. The van der Waals surface area contributed by atoms with E-state index in [1.807, 2.05) is 42.5 Å². The first kappa shape index (κ1) is 24.6. The van der Waals surface area contributed by atoms with E-state index in [1.165, 1.54) is 0 Å². The van der Waals surface area contributed by atoms with Gasteiger partial charge in [-0.3, -0.25) is 19.6 Å². The molecule has 1 aliphatic heterocycles. The maximum atomic E-state index is 13.1. The summed E-state index contributed by atoms with van der Waals surface area (Å²) in [6.45, 7) is 0. The molecule has 2 aromatic rings. The second-order valence-electron chi connectivity index (χ2n) is 9.35. The van der Waals surface area contributed by atoms with Gasteiger partial charge in [0.2, 0.25) is 0 Å². The molecule has 1 saturated carbocycles. The molecule has 2 fully saturated rings. The third-order valence-electron chi connectivity index (χ3n) is 7.01. The lowest BCUT2D eigenvalue weighted by atomic mass is 9.83. The van der Waals surface area contributed by atoms with E-state index in [0.717, 1.165) is 48.1 Å². The number of carbonyl (C=O) groups is 4. The van der Waals surface area contributed by atoms with Crippen LogP contribution in [0, 0.1) is 5.92 Å². The third kappa shape index (κ3) is 5.77. The summed E-state index contributed by atoms with van der Waals surface area (Å²) in [4.78, 5) is 51.7. The summed E-state index contributed by atoms with van der Waals surface area (Å²) in [7, 11) is 0. The normalized spacial score (nSPS) is 19.3. The van der Waals surface area contributed by atoms with E-state index in [0.29, 0.717) is 24.8 Å². The highest BCUT2D eigenvalue weighted by Crippen LogP contribution is 2.31. The molecule has 0 radical (unpaired) electrons. The number of Topliss-reactive ketones (excluding diaryl/α,β-unsaturated/α-hetero) is 1. The van der Waals surface area contributed by atoms with Gasteiger partial charge in [-0.1, -0.05) is 73.9 Å². The molecular weight excluding hydrogens is 446 g/mol. The molecule has 184 valence electrons. The Bertz CT molecular complexity index is 1060. The summed E-state index contributed by atoms with van der Waals surface area (Å²) < 4.78 is 0. The Morgan fingerprint density at radius 1 is 0.971 bits per heavy atom. The van der Waals surface area contributed by atoms with E-state index in [9.17, 15) is 24.4 Å². The van der Waals surface area contributed by atoms with E-state index >= 15 is 0 Å². The number of ketones is 1. The van der Waals surface area contributed by atoms with Crippen LogP contribution in [0.4, 0.5) is 4.79 Å². The van der Waals surface area contributed by atoms with Crippen molar-refractivity contribution in [3.8, 4) is 0 Å². The summed E-state index contributed by atoms with van der Waals surface area (Å²) in [5.74, 6) is -1.29. The maximum absolute atomic E-state index is 13.1. The lowest BCUT2D eigenvalue weighted by Gasteiger charge is -2.33. The fourth-order valence-corrected chi connectivity index (χ4v) is 5.12. The van der Waals surface area contributed by atoms with Crippen LogP contribution in [-0.4, -0.2) is 45.8 Å². The third-order valence-corrected chi connectivity index (χ3v) is 7.01. The molecule has 4 rings (SSSR count). The van der Waals surface area contributed by atoms with E-state index in [-0.39, 0.29) is 11.7 Å². The monoisotopic (exact) mass is 477 g/mol. The summed E-state index contributed by atoms with van der Waals surface area (Å²) in [6, 6.07) is 14.5. The Morgan fingerprint density at radius 2 is 1.66 bits per heavy atom. The molecule has 2 atom stereocenters. The topological polar surface area (TPSA) is 116 Å². The lowest BCUT2D eigenvalue weighted by Crippen LogP contribution is -2.53. The molecule has 8 nitrogen and oxygen atoms in total. The first-order chi connectivity index (χ1) is 17.0. The number of hydroxylamine groups is 1. The van der Waals surface area contributed by atoms with Crippen LogP contribution in [-0.2, 0) is 22.4 Å². The maximum Gasteiger partial charge on any atom is 0.325 e. The standard InChI is InChI=1S/C27H31N3O5/c31-23(17-19-7-3-1-4-8-19)20-14-11-18(12-15-20)13-16-22-26(33)30(27(34)28-22)24(25(32)29-35)21-9-5-2-6-10-21/h1,3-4,7-8,11-12,14-15,21-22,24,35H,2,5-6,9-10,13,16-17H2,(H,28,34)(H,29,32). The predicted molar refractivity (Wildman–Crippen MR) is 129 cm³/mol. The zero-order chi connectivity index (χ0) is 24.8. The number of carbonyl (C=O) groups excluding carboxylic acids is 4. The van der Waals surface area contributed by atoms with E-state index in [4.69, 9.17) is 0 Å². The Hall–Kier alpha value is -3.52. The Balaban J connectivity index is 1.36. The van der Waals surface area contributed by atoms with E-state index < -0.39 is 29.9 Å². The van der Waals surface area contributed by atoms with Crippen molar-refractivity contribution in [1.82, 2.24) is 15.7 Å². The van der Waals surface area contributed by atoms with Gasteiger partial charge in [-0.2, -0.15) is 0 Å². The number of benzene rings is 2. The fraction of sp³-hybridized carbons (Fsp3) is 0.407. The summed E-state index contributed by atoms with van der Waals surface area (Å²) in [5, 5.41) is 11.9. The highest BCUT2D eigenvalue weighted by molar-refractivity contribution is 6.07. The zero-order valence-electron chi connectivity index (χ0n) is 19.6. The minimum Gasteiger partial charge on any atom is -0.326 e. The molecule has 1 aliphatic carbocycles. The molecule has 1 heterocycles. The lowest BCUT2D eigenvalue weighted by molar-refractivity contribution is -0.143. The predicted octanol–water partition coefficient (Wildman–Crippen LogP) is 3.42. The first-order valence-corrected chi connectivity index (χ1v) is 12.2. The Morgan fingerprint density at radius 3 is 2.31 bits per heavy atom. The van der Waals surface area contributed by atoms with E-state index in [1.54, 1.807) is 17.6 Å². The van der Waals surface area contributed by atoms with Crippen molar-refractivity contribution in [2.75, 3.05) is 0 Å². The van der Waals surface area contributed by atoms with Crippen LogP contribution in [0.5, 0.6) is 0 Å². The molecule has 0 spiro atoms. The second kappa shape index (κ2) is 11.3. The van der Waals surface area contributed by atoms with Crippen LogP contribution in [0.1, 0.15) is 60.0 Å². The van der Waals surface area contributed by atoms with Gasteiger partial charge in [-0.15, -0.1) is 0 Å². The number of amides is 4. The van der Waals surface area contributed by atoms with Crippen molar-refractivity contribution >= 4 is 23.6 Å². The molecule has 3 N–H and O–H groups in total. The molecular formula is C27H31N3O5.